The Balaban J connectivity index is 1.72. The van der Waals surface area contributed by atoms with Crippen molar-refractivity contribution < 1.29 is 18.0 Å². The highest BCUT2D eigenvalue weighted by molar-refractivity contribution is 5.90. The molecule has 0 aliphatic carbocycles. The van der Waals surface area contributed by atoms with Gasteiger partial charge in [0.1, 0.15) is 5.82 Å². The molecular formula is C19H16F3N3O. The van der Waals surface area contributed by atoms with E-state index in [0.29, 0.717) is 6.20 Å². The molecule has 1 N–H and O–H groups in total. The van der Waals surface area contributed by atoms with Crippen LogP contribution in [-0.4, -0.2) is 15.5 Å². The van der Waals surface area contributed by atoms with Crippen molar-refractivity contribution in [1.29, 1.82) is 0 Å². The van der Waals surface area contributed by atoms with Crippen LogP contribution in [0.5, 0.6) is 0 Å². The second-order valence-corrected chi connectivity index (χ2v) is 5.74. The van der Waals surface area contributed by atoms with E-state index in [-0.39, 0.29) is 24.2 Å². The Bertz CT molecular complexity index is 844. The average Bonchev–Trinajstić information content (AvgIpc) is 3.14. The van der Waals surface area contributed by atoms with Crippen LogP contribution in [0.2, 0.25) is 0 Å². The van der Waals surface area contributed by atoms with E-state index in [1.54, 1.807) is 0 Å². The number of anilines is 1. The van der Waals surface area contributed by atoms with Gasteiger partial charge in [0.2, 0.25) is 5.91 Å². The van der Waals surface area contributed by atoms with Crippen molar-refractivity contribution in [2.75, 3.05) is 5.32 Å². The summed E-state index contributed by atoms with van der Waals surface area (Å²) in [5.41, 5.74) is 0.101. The second-order valence-electron chi connectivity index (χ2n) is 5.74. The number of amides is 1. The number of hydrogen-bond donors (Lipinski definition) is 1. The molecule has 1 atom stereocenters. The first-order valence-corrected chi connectivity index (χ1v) is 7.94. The summed E-state index contributed by atoms with van der Waals surface area (Å²) >= 11 is 0. The first-order valence-electron chi connectivity index (χ1n) is 7.94. The molecule has 0 fully saturated rings. The molecule has 7 heteroatoms. The predicted octanol–water partition coefficient (Wildman–Crippen LogP) is 4.52. The maximum atomic E-state index is 12.6. The molecule has 1 unspecified atom stereocenters. The molecule has 0 saturated heterocycles. The minimum Gasteiger partial charge on any atom is -0.346 e. The number of alkyl halides is 3. The number of aromatic nitrogens is 2. The molecule has 2 heterocycles. The van der Waals surface area contributed by atoms with Gasteiger partial charge in [-0.25, -0.2) is 4.98 Å². The summed E-state index contributed by atoms with van der Waals surface area (Å²) in [6.07, 6.45) is 0.0998. The Labute approximate surface area is 148 Å². The summed E-state index contributed by atoms with van der Waals surface area (Å²) in [5, 5.41) is 2.55. The Morgan fingerprint density at radius 2 is 1.73 bits per heavy atom. The van der Waals surface area contributed by atoms with Crippen molar-refractivity contribution in [3.05, 3.63) is 84.3 Å². The van der Waals surface area contributed by atoms with E-state index in [0.717, 1.165) is 17.7 Å². The van der Waals surface area contributed by atoms with Crippen LogP contribution in [0.3, 0.4) is 0 Å². The van der Waals surface area contributed by atoms with E-state index in [4.69, 9.17) is 0 Å². The second kappa shape index (κ2) is 7.43. The highest BCUT2D eigenvalue weighted by Gasteiger charge is 2.30. The average molecular weight is 359 g/mol. The first kappa shape index (κ1) is 17.7. The van der Waals surface area contributed by atoms with Crippen LogP contribution in [-0.2, 0) is 11.0 Å². The van der Waals surface area contributed by atoms with E-state index in [9.17, 15) is 18.0 Å². The fourth-order valence-electron chi connectivity index (χ4n) is 2.63. The van der Waals surface area contributed by atoms with Gasteiger partial charge in [0.25, 0.3) is 0 Å². The Morgan fingerprint density at radius 3 is 2.31 bits per heavy atom. The van der Waals surface area contributed by atoms with Gasteiger partial charge in [-0.05, 0) is 29.8 Å². The molecule has 1 amide bonds. The van der Waals surface area contributed by atoms with Gasteiger partial charge in [-0.15, -0.1) is 0 Å². The topological polar surface area (TPSA) is 46.9 Å². The molecule has 0 aliphatic rings. The molecule has 26 heavy (non-hydrogen) atoms. The zero-order valence-corrected chi connectivity index (χ0v) is 13.6. The van der Waals surface area contributed by atoms with Crippen LogP contribution in [0.4, 0.5) is 19.0 Å². The van der Waals surface area contributed by atoms with Gasteiger partial charge in [0.15, 0.2) is 0 Å². The zero-order valence-electron chi connectivity index (χ0n) is 13.6. The lowest BCUT2D eigenvalue weighted by Gasteiger charge is -2.19. The zero-order chi connectivity index (χ0) is 18.6. The molecule has 134 valence electrons. The lowest BCUT2D eigenvalue weighted by molar-refractivity contribution is -0.137. The van der Waals surface area contributed by atoms with Crippen LogP contribution >= 0.6 is 0 Å². The third-order valence-electron chi connectivity index (χ3n) is 3.91. The molecule has 3 rings (SSSR count). The lowest BCUT2D eigenvalue weighted by atomic mass is 10.0. The van der Waals surface area contributed by atoms with Gasteiger partial charge in [0, 0.05) is 18.6 Å². The number of nitrogens with one attached hydrogen (secondary N) is 1. The molecule has 3 aromatic rings. The summed E-state index contributed by atoms with van der Waals surface area (Å²) in [6, 6.07) is 15.1. The van der Waals surface area contributed by atoms with E-state index < -0.39 is 11.7 Å². The van der Waals surface area contributed by atoms with Crippen molar-refractivity contribution >= 4 is 11.7 Å². The summed E-state index contributed by atoms with van der Waals surface area (Å²) in [5.74, 6) is -0.248. The minimum atomic E-state index is -4.46. The SMILES string of the molecule is O=C(CC(c1ccccc1)n1cccc1)Nc1ccc(C(F)(F)F)cn1. The molecule has 4 nitrogen and oxygen atoms in total. The van der Waals surface area contributed by atoms with Crippen LogP contribution < -0.4 is 5.32 Å². The number of rotatable bonds is 5. The number of benzene rings is 1. The molecule has 0 bridgehead atoms. The molecule has 0 aliphatic heterocycles. The predicted molar refractivity (Wildman–Crippen MR) is 91.5 cm³/mol. The normalized spacial score (nSPS) is 12.6. The Hall–Kier alpha value is -3.09. The monoisotopic (exact) mass is 359 g/mol. The van der Waals surface area contributed by atoms with E-state index in [1.165, 1.54) is 0 Å². The van der Waals surface area contributed by atoms with Gasteiger partial charge in [-0.3, -0.25) is 4.79 Å². The quantitative estimate of drug-likeness (QED) is 0.728. The number of hydrogen-bond acceptors (Lipinski definition) is 2. The smallest absolute Gasteiger partial charge is 0.346 e. The van der Waals surface area contributed by atoms with Crippen molar-refractivity contribution in [1.82, 2.24) is 9.55 Å². The molecule has 0 spiro atoms. The van der Waals surface area contributed by atoms with Gasteiger partial charge < -0.3 is 9.88 Å². The van der Waals surface area contributed by atoms with E-state index in [1.807, 2.05) is 59.4 Å². The highest BCUT2D eigenvalue weighted by atomic mass is 19.4. The summed E-state index contributed by atoms with van der Waals surface area (Å²) in [4.78, 5) is 16.1. The summed E-state index contributed by atoms with van der Waals surface area (Å²) < 4.78 is 39.6. The van der Waals surface area contributed by atoms with Gasteiger partial charge in [-0.1, -0.05) is 30.3 Å². The largest absolute Gasteiger partial charge is 0.417 e. The van der Waals surface area contributed by atoms with Crippen molar-refractivity contribution in [3.8, 4) is 0 Å². The Kier molecular flexibility index (Phi) is 5.06. The van der Waals surface area contributed by atoms with Gasteiger partial charge >= 0.3 is 6.18 Å². The van der Waals surface area contributed by atoms with Crippen molar-refractivity contribution in [2.45, 2.75) is 18.6 Å². The maximum absolute atomic E-state index is 12.6. The van der Waals surface area contributed by atoms with Crippen LogP contribution in [0, 0.1) is 0 Å². The van der Waals surface area contributed by atoms with E-state index >= 15 is 0 Å². The number of halogens is 3. The van der Waals surface area contributed by atoms with Crippen molar-refractivity contribution in [2.24, 2.45) is 0 Å². The number of pyridine rings is 1. The van der Waals surface area contributed by atoms with E-state index in [2.05, 4.69) is 10.3 Å². The summed E-state index contributed by atoms with van der Waals surface area (Å²) in [6.45, 7) is 0. The molecule has 0 saturated carbocycles. The highest BCUT2D eigenvalue weighted by Crippen LogP contribution is 2.29. The Morgan fingerprint density at radius 1 is 1.04 bits per heavy atom. The minimum absolute atomic E-state index is 0.0855. The number of carbonyl (C=O) groups is 1. The van der Waals surface area contributed by atoms with Crippen LogP contribution in [0.25, 0.3) is 0 Å². The molecule has 0 radical (unpaired) electrons. The fraction of sp³-hybridized carbons (Fsp3) is 0.158. The lowest BCUT2D eigenvalue weighted by Crippen LogP contribution is -2.20. The number of nitrogens with zero attached hydrogens (tertiary/aromatic N) is 2. The number of carbonyl (C=O) groups excluding carboxylic acids is 1. The third-order valence-corrected chi connectivity index (χ3v) is 3.91. The van der Waals surface area contributed by atoms with Crippen LogP contribution in [0.1, 0.15) is 23.6 Å². The third kappa shape index (κ3) is 4.30. The molecular weight excluding hydrogens is 343 g/mol. The van der Waals surface area contributed by atoms with Gasteiger partial charge in [0.05, 0.1) is 18.0 Å². The fourth-order valence-corrected chi connectivity index (χ4v) is 2.63. The first-order chi connectivity index (χ1) is 12.4. The van der Waals surface area contributed by atoms with Crippen LogP contribution in [0.15, 0.2) is 73.2 Å². The molecule has 1 aromatic carbocycles. The summed E-state index contributed by atoms with van der Waals surface area (Å²) in [7, 11) is 0. The van der Waals surface area contributed by atoms with Gasteiger partial charge in [-0.2, -0.15) is 13.2 Å². The van der Waals surface area contributed by atoms with Crippen molar-refractivity contribution in [3.63, 3.8) is 0 Å². The molecule has 2 aromatic heterocycles. The maximum Gasteiger partial charge on any atom is 0.417 e. The standard InChI is InChI=1S/C19H16F3N3O/c20-19(21,22)15-8-9-17(23-13-15)24-18(26)12-16(25-10-4-5-11-25)14-6-2-1-3-7-14/h1-11,13,16H,12H2,(H,23,24,26).